The molecule has 6 heteroatoms. The first-order valence-corrected chi connectivity index (χ1v) is 7.29. The second-order valence-corrected chi connectivity index (χ2v) is 5.60. The maximum Gasteiger partial charge on any atom is 0.335 e. The molecule has 0 radical (unpaired) electrons. The zero-order valence-corrected chi connectivity index (χ0v) is 13.0. The van der Waals surface area contributed by atoms with Crippen molar-refractivity contribution in [2.24, 2.45) is 0 Å². The van der Waals surface area contributed by atoms with Crippen LogP contribution in [0.1, 0.15) is 16.1 Å². The Labute approximate surface area is 134 Å². The monoisotopic (exact) mass is 394 g/mol. The Morgan fingerprint density at radius 2 is 2.19 bits per heavy atom. The molecule has 0 spiro atoms. The van der Waals surface area contributed by atoms with Gasteiger partial charge in [0, 0.05) is 12.4 Å². The van der Waals surface area contributed by atoms with Crippen LogP contribution < -0.4 is 4.74 Å². The van der Waals surface area contributed by atoms with E-state index in [1.807, 2.05) is 35.0 Å². The Morgan fingerprint density at radius 3 is 2.95 bits per heavy atom. The van der Waals surface area contributed by atoms with Gasteiger partial charge in [-0.15, -0.1) is 0 Å². The number of carbonyl (C=O) groups is 1. The molecule has 0 saturated carbocycles. The van der Waals surface area contributed by atoms with E-state index in [1.165, 1.54) is 6.07 Å². The molecule has 0 fully saturated rings. The van der Waals surface area contributed by atoms with Gasteiger partial charge in [-0.2, -0.15) is 0 Å². The van der Waals surface area contributed by atoms with Gasteiger partial charge in [-0.3, -0.25) is 0 Å². The van der Waals surface area contributed by atoms with E-state index in [0.29, 0.717) is 12.4 Å². The fourth-order valence-corrected chi connectivity index (χ4v) is 2.45. The third kappa shape index (κ3) is 2.99. The quantitative estimate of drug-likeness (QED) is 0.691. The molecule has 21 heavy (non-hydrogen) atoms. The van der Waals surface area contributed by atoms with Crippen molar-refractivity contribution in [1.29, 1.82) is 0 Å². The highest BCUT2D eigenvalue weighted by molar-refractivity contribution is 14.1. The van der Waals surface area contributed by atoms with Crippen molar-refractivity contribution >= 4 is 34.2 Å². The standard InChI is InChI=1S/C15H11IN2O3/c16-12-5-4-10(15(19)20)7-13(12)21-9-11-8-18-6-2-1-3-14(18)17-11/h1-8H,9H2,(H,19,20). The third-order valence-electron chi connectivity index (χ3n) is 2.97. The minimum absolute atomic E-state index is 0.209. The Kier molecular flexibility index (Phi) is 3.78. The molecule has 5 nitrogen and oxygen atoms in total. The first-order chi connectivity index (χ1) is 10.1. The average Bonchev–Trinajstić information content (AvgIpc) is 2.89. The molecule has 3 rings (SSSR count). The Hall–Kier alpha value is -2.09. The summed E-state index contributed by atoms with van der Waals surface area (Å²) in [4.78, 5) is 15.4. The molecule has 0 unspecified atom stereocenters. The van der Waals surface area contributed by atoms with Crippen LogP contribution in [0.25, 0.3) is 5.65 Å². The number of carboxylic acid groups (broad SMARTS) is 1. The molecule has 0 bridgehead atoms. The van der Waals surface area contributed by atoms with Crippen LogP contribution in [0.15, 0.2) is 48.8 Å². The zero-order valence-electron chi connectivity index (χ0n) is 10.9. The van der Waals surface area contributed by atoms with E-state index >= 15 is 0 Å². The molecular weight excluding hydrogens is 383 g/mol. The van der Waals surface area contributed by atoms with Crippen LogP contribution in [-0.2, 0) is 6.61 Å². The fraction of sp³-hybridized carbons (Fsp3) is 0.0667. The number of aromatic carboxylic acids is 1. The largest absolute Gasteiger partial charge is 0.486 e. The Morgan fingerprint density at radius 1 is 1.33 bits per heavy atom. The molecule has 0 saturated heterocycles. The minimum Gasteiger partial charge on any atom is -0.486 e. The molecule has 1 N–H and O–H groups in total. The van der Waals surface area contributed by atoms with Crippen molar-refractivity contribution < 1.29 is 14.6 Å². The Balaban J connectivity index is 1.80. The van der Waals surface area contributed by atoms with E-state index in [0.717, 1.165) is 14.9 Å². The number of imidazole rings is 1. The molecule has 0 aliphatic heterocycles. The molecule has 2 aromatic heterocycles. The number of nitrogens with zero attached hydrogens (tertiary/aromatic N) is 2. The number of halogens is 1. The number of fused-ring (bicyclic) bond motifs is 1. The van der Waals surface area contributed by atoms with Gasteiger partial charge in [-0.25, -0.2) is 9.78 Å². The second kappa shape index (κ2) is 5.72. The number of benzene rings is 1. The highest BCUT2D eigenvalue weighted by atomic mass is 127. The summed E-state index contributed by atoms with van der Waals surface area (Å²) >= 11 is 2.11. The maximum absolute atomic E-state index is 11.0. The van der Waals surface area contributed by atoms with Crippen LogP contribution in [-0.4, -0.2) is 20.5 Å². The molecule has 0 atom stereocenters. The van der Waals surface area contributed by atoms with Crippen LogP contribution in [0.2, 0.25) is 0 Å². The van der Waals surface area contributed by atoms with Gasteiger partial charge in [-0.1, -0.05) is 6.07 Å². The predicted molar refractivity (Wildman–Crippen MR) is 85.6 cm³/mol. The van der Waals surface area contributed by atoms with Crippen LogP contribution in [0, 0.1) is 3.57 Å². The molecule has 2 heterocycles. The van der Waals surface area contributed by atoms with Gasteiger partial charge in [0.15, 0.2) is 0 Å². The van der Waals surface area contributed by atoms with Crippen molar-refractivity contribution in [1.82, 2.24) is 9.38 Å². The van der Waals surface area contributed by atoms with Crippen LogP contribution >= 0.6 is 22.6 Å². The SMILES string of the molecule is O=C(O)c1ccc(I)c(OCc2cn3ccccc3n2)c1. The second-order valence-electron chi connectivity index (χ2n) is 4.44. The normalized spacial score (nSPS) is 10.7. The van der Waals surface area contributed by atoms with Crippen LogP contribution in [0.4, 0.5) is 0 Å². The van der Waals surface area contributed by atoms with E-state index < -0.39 is 5.97 Å². The predicted octanol–water partition coefficient (Wildman–Crippen LogP) is 3.22. The molecule has 0 amide bonds. The van der Waals surface area contributed by atoms with Gasteiger partial charge < -0.3 is 14.2 Å². The molecule has 0 aliphatic carbocycles. The zero-order chi connectivity index (χ0) is 14.8. The van der Waals surface area contributed by atoms with Gasteiger partial charge in [0.05, 0.1) is 14.8 Å². The van der Waals surface area contributed by atoms with Gasteiger partial charge >= 0.3 is 5.97 Å². The number of carboxylic acids is 1. The smallest absolute Gasteiger partial charge is 0.335 e. The first kappa shape index (κ1) is 13.9. The average molecular weight is 394 g/mol. The summed E-state index contributed by atoms with van der Waals surface area (Å²) in [5.41, 5.74) is 1.85. The number of hydrogen-bond donors (Lipinski definition) is 1. The van der Waals surface area contributed by atoms with E-state index in [-0.39, 0.29) is 5.56 Å². The van der Waals surface area contributed by atoms with Crippen LogP contribution in [0.3, 0.4) is 0 Å². The lowest BCUT2D eigenvalue weighted by Gasteiger charge is -2.07. The number of pyridine rings is 1. The summed E-state index contributed by atoms with van der Waals surface area (Å²) in [5, 5.41) is 9.01. The van der Waals surface area contributed by atoms with E-state index in [2.05, 4.69) is 27.6 Å². The highest BCUT2D eigenvalue weighted by Gasteiger charge is 2.09. The summed E-state index contributed by atoms with van der Waals surface area (Å²) in [5.74, 6) is -0.420. The van der Waals surface area contributed by atoms with E-state index in [4.69, 9.17) is 9.84 Å². The van der Waals surface area contributed by atoms with Gasteiger partial charge in [0.25, 0.3) is 0 Å². The van der Waals surface area contributed by atoms with Crippen LogP contribution in [0.5, 0.6) is 5.75 Å². The summed E-state index contributed by atoms with van der Waals surface area (Å²) < 4.78 is 8.47. The van der Waals surface area contributed by atoms with E-state index in [1.54, 1.807) is 12.1 Å². The van der Waals surface area contributed by atoms with E-state index in [9.17, 15) is 4.79 Å². The number of aromatic nitrogens is 2. The van der Waals surface area contributed by atoms with Crippen molar-refractivity contribution in [3.05, 3.63) is 63.6 Å². The lowest BCUT2D eigenvalue weighted by molar-refractivity contribution is 0.0696. The Bertz CT molecular complexity index is 781. The number of hydrogen-bond acceptors (Lipinski definition) is 3. The number of rotatable bonds is 4. The summed E-state index contributed by atoms with van der Waals surface area (Å²) in [6.45, 7) is 0.292. The summed E-state index contributed by atoms with van der Waals surface area (Å²) in [6.07, 6.45) is 3.81. The first-order valence-electron chi connectivity index (χ1n) is 6.22. The van der Waals surface area contributed by atoms with Gasteiger partial charge in [0.2, 0.25) is 0 Å². The molecule has 0 aliphatic rings. The lowest BCUT2D eigenvalue weighted by atomic mass is 10.2. The lowest BCUT2D eigenvalue weighted by Crippen LogP contribution is -2.01. The number of ether oxygens (including phenoxy) is 1. The van der Waals surface area contributed by atoms with Gasteiger partial charge in [0.1, 0.15) is 18.0 Å². The van der Waals surface area contributed by atoms with Crippen molar-refractivity contribution in [3.8, 4) is 5.75 Å². The summed E-state index contributed by atoms with van der Waals surface area (Å²) in [6, 6.07) is 10.6. The maximum atomic E-state index is 11.0. The van der Waals surface area contributed by atoms with Crippen molar-refractivity contribution in [2.45, 2.75) is 6.61 Å². The van der Waals surface area contributed by atoms with Crippen molar-refractivity contribution in [3.63, 3.8) is 0 Å². The molecule has 106 valence electrons. The topological polar surface area (TPSA) is 63.8 Å². The van der Waals surface area contributed by atoms with Gasteiger partial charge in [-0.05, 0) is 52.9 Å². The third-order valence-corrected chi connectivity index (χ3v) is 3.86. The molecular formula is C15H11IN2O3. The minimum atomic E-state index is -0.969. The molecule has 1 aromatic carbocycles. The summed E-state index contributed by atoms with van der Waals surface area (Å²) in [7, 11) is 0. The fourth-order valence-electron chi connectivity index (χ4n) is 1.96. The highest BCUT2D eigenvalue weighted by Crippen LogP contribution is 2.23. The van der Waals surface area contributed by atoms with Crippen molar-refractivity contribution in [2.75, 3.05) is 0 Å². The molecule has 3 aromatic rings.